The van der Waals surface area contributed by atoms with E-state index in [2.05, 4.69) is 35.0 Å². The highest BCUT2D eigenvalue weighted by Gasteiger charge is 2.27. The maximum Gasteiger partial charge on any atom is 0.200 e. The first-order valence-electron chi connectivity index (χ1n) is 8.91. The molecule has 1 aromatic heterocycles. The van der Waals surface area contributed by atoms with Gasteiger partial charge in [0.1, 0.15) is 5.69 Å². The third-order valence-corrected chi connectivity index (χ3v) is 6.26. The van der Waals surface area contributed by atoms with Crippen LogP contribution >= 0.6 is 0 Å². The van der Waals surface area contributed by atoms with Gasteiger partial charge in [0.05, 0.1) is 11.7 Å². The molecule has 3 aromatic rings. The van der Waals surface area contributed by atoms with Crippen LogP contribution in [0.1, 0.15) is 25.3 Å². The van der Waals surface area contributed by atoms with Crippen LogP contribution in [0.4, 0.5) is 5.69 Å². The molecule has 0 radical (unpaired) electrons. The molecule has 0 saturated carbocycles. The smallest absolute Gasteiger partial charge is 0.200 e. The van der Waals surface area contributed by atoms with E-state index in [1.54, 1.807) is 0 Å². The largest absolute Gasteiger partial charge is 0.606 e. The van der Waals surface area contributed by atoms with Crippen LogP contribution in [0.15, 0.2) is 64.5 Å². The molecule has 1 fully saturated rings. The molecule has 1 atom stereocenters. The number of aromatic nitrogens is 1. The molecule has 25 heavy (non-hydrogen) atoms. The maximum absolute atomic E-state index is 13.3. The average Bonchev–Trinajstić information content (AvgIpc) is 3.21. The lowest BCUT2D eigenvalue weighted by Gasteiger charge is -2.23. The van der Waals surface area contributed by atoms with Gasteiger partial charge in [-0.05, 0) is 49.1 Å². The van der Waals surface area contributed by atoms with E-state index >= 15 is 0 Å². The van der Waals surface area contributed by atoms with E-state index < -0.39 is 11.2 Å². The SMILES string of the molecule is CCc1ccc2ncc([S+]([O-])c3ccccc3)c(N3CCCC3)c2c1. The van der Waals surface area contributed by atoms with E-state index in [0.29, 0.717) is 0 Å². The summed E-state index contributed by atoms with van der Waals surface area (Å²) in [6.45, 7) is 4.21. The van der Waals surface area contributed by atoms with Gasteiger partial charge in [-0.15, -0.1) is 0 Å². The molecule has 0 amide bonds. The first-order chi connectivity index (χ1) is 12.3. The fraction of sp³-hybridized carbons (Fsp3) is 0.286. The average molecular weight is 350 g/mol. The van der Waals surface area contributed by atoms with Crippen molar-refractivity contribution in [2.75, 3.05) is 18.0 Å². The lowest BCUT2D eigenvalue weighted by atomic mass is 10.1. The Bertz CT molecular complexity index is 876. The molecule has 0 N–H and O–H groups in total. The molecule has 1 aliphatic rings. The summed E-state index contributed by atoms with van der Waals surface area (Å²) in [5.74, 6) is 0. The standard InChI is InChI=1S/C21H22N2OS/c1-2-16-10-11-19-18(14-16)21(23-12-6-7-13-23)20(15-22-19)25(24)17-8-4-3-5-9-17/h3-5,8-11,14-15H,2,6-7,12-13H2,1H3. The highest BCUT2D eigenvalue weighted by Crippen LogP contribution is 2.37. The van der Waals surface area contributed by atoms with Gasteiger partial charge in [-0.2, -0.15) is 0 Å². The number of rotatable bonds is 4. The lowest BCUT2D eigenvalue weighted by molar-refractivity contribution is 0.594. The molecule has 1 aliphatic heterocycles. The minimum Gasteiger partial charge on any atom is -0.606 e. The van der Waals surface area contributed by atoms with Gasteiger partial charge >= 0.3 is 0 Å². The van der Waals surface area contributed by atoms with Crippen molar-refractivity contribution in [2.24, 2.45) is 0 Å². The minimum absolute atomic E-state index is 0.828. The Kier molecular flexibility index (Phi) is 4.64. The van der Waals surface area contributed by atoms with Crippen LogP contribution in [-0.4, -0.2) is 22.6 Å². The van der Waals surface area contributed by atoms with Crippen LogP contribution in [-0.2, 0) is 17.6 Å². The first-order valence-corrected chi connectivity index (χ1v) is 10.1. The zero-order valence-corrected chi connectivity index (χ0v) is 15.3. The van der Waals surface area contributed by atoms with Crippen LogP contribution < -0.4 is 4.90 Å². The van der Waals surface area contributed by atoms with Gasteiger partial charge in [-0.3, -0.25) is 4.98 Å². The molecule has 0 bridgehead atoms. The van der Waals surface area contributed by atoms with Gasteiger partial charge in [0.2, 0.25) is 4.90 Å². The molecular formula is C21H22N2OS. The monoisotopic (exact) mass is 350 g/mol. The fourth-order valence-electron chi connectivity index (χ4n) is 3.50. The van der Waals surface area contributed by atoms with Crippen molar-refractivity contribution in [3.05, 3.63) is 60.3 Å². The normalized spacial score (nSPS) is 15.7. The van der Waals surface area contributed by atoms with Crippen molar-refractivity contribution < 1.29 is 4.55 Å². The molecular weight excluding hydrogens is 328 g/mol. The van der Waals surface area contributed by atoms with Crippen molar-refractivity contribution in [1.82, 2.24) is 4.98 Å². The van der Waals surface area contributed by atoms with E-state index in [1.807, 2.05) is 36.5 Å². The molecule has 0 spiro atoms. The highest BCUT2D eigenvalue weighted by atomic mass is 32.2. The number of pyridine rings is 1. The Morgan fingerprint density at radius 1 is 1.08 bits per heavy atom. The Morgan fingerprint density at radius 2 is 1.84 bits per heavy atom. The predicted molar refractivity (Wildman–Crippen MR) is 104 cm³/mol. The van der Waals surface area contributed by atoms with Crippen LogP contribution in [0.2, 0.25) is 0 Å². The number of benzene rings is 2. The second kappa shape index (κ2) is 7.06. The molecule has 128 valence electrons. The zero-order valence-electron chi connectivity index (χ0n) is 14.4. The van der Waals surface area contributed by atoms with Gasteiger partial charge in [0, 0.05) is 29.7 Å². The Morgan fingerprint density at radius 3 is 2.56 bits per heavy atom. The van der Waals surface area contributed by atoms with Crippen LogP contribution in [0.25, 0.3) is 10.9 Å². The number of fused-ring (bicyclic) bond motifs is 1. The van der Waals surface area contributed by atoms with Crippen LogP contribution in [0.5, 0.6) is 0 Å². The van der Waals surface area contributed by atoms with Crippen LogP contribution in [0.3, 0.4) is 0 Å². The summed E-state index contributed by atoms with van der Waals surface area (Å²) in [4.78, 5) is 8.66. The Hall–Kier alpha value is -2.04. The number of nitrogens with zero attached hydrogens (tertiary/aromatic N) is 2. The Balaban J connectivity index is 1.92. The molecule has 0 aliphatic carbocycles. The van der Waals surface area contributed by atoms with E-state index in [0.717, 1.165) is 45.9 Å². The van der Waals surface area contributed by atoms with Crippen molar-refractivity contribution in [3.8, 4) is 0 Å². The minimum atomic E-state index is -1.22. The molecule has 3 nitrogen and oxygen atoms in total. The second-order valence-corrected chi connectivity index (χ2v) is 7.90. The number of hydrogen-bond acceptors (Lipinski definition) is 3. The lowest BCUT2D eigenvalue weighted by Crippen LogP contribution is -2.21. The molecule has 4 rings (SSSR count). The fourth-order valence-corrected chi connectivity index (χ4v) is 4.72. The van der Waals surface area contributed by atoms with Gasteiger partial charge in [0.25, 0.3) is 0 Å². The Labute approximate surface area is 151 Å². The first kappa shape index (κ1) is 16.4. The van der Waals surface area contributed by atoms with E-state index in [1.165, 1.54) is 18.4 Å². The number of hydrogen-bond donors (Lipinski definition) is 0. The third kappa shape index (κ3) is 3.12. The van der Waals surface area contributed by atoms with Crippen molar-refractivity contribution in [3.63, 3.8) is 0 Å². The van der Waals surface area contributed by atoms with E-state index in [9.17, 15) is 4.55 Å². The zero-order chi connectivity index (χ0) is 17.2. The van der Waals surface area contributed by atoms with Gasteiger partial charge in [0.15, 0.2) is 4.90 Å². The van der Waals surface area contributed by atoms with Gasteiger partial charge in [-0.25, -0.2) is 0 Å². The number of anilines is 1. The summed E-state index contributed by atoms with van der Waals surface area (Å²) in [7, 11) is 0. The molecule has 1 saturated heterocycles. The summed E-state index contributed by atoms with van der Waals surface area (Å²) in [6.07, 6.45) is 5.18. The summed E-state index contributed by atoms with van der Waals surface area (Å²) in [5.41, 5.74) is 3.38. The quantitative estimate of drug-likeness (QED) is 0.647. The molecule has 2 aromatic carbocycles. The second-order valence-electron chi connectivity index (χ2n) is 6.45. The van der Waals surface area contributed by atoms with Gasteiger partial charge in [-0.1, -0.05) is 31.2 Å². The summed E-state index contributed by atoms with van der Waals surface area (Å²) < 4.78 is 13.3. The molecule has 1 unspecified atom stereocenters. The summed E-state index contributed by atoms with van der Waals surface area (Å²) in [5, 5.41) is 1.13. The van der Waals surface area contributed by atoms with Gasteiger partial charge < -0.3 is 9.45 Å². The molecule has 2 heterocycles. The summed E-state index contributed by atoms with van der Waals surface area (Å²) >= 11 is -1.22. The van der Waals surface area contributed by atoms with Crippen molar-refractivity contribution in [1.29, 1.82) is 0 Å². The summed E-state index contributed by atoms with van der Waals surface area (Å²) in [6, 6.07) is 16.1. The predicted octanol–water partition coefficient (Wildman–Crippen LogP) is 4.56. The van der Waals surface area contributed by atoms with Crippen LogP contribution in [0, 0.1) is 0 Å². The highest BCUT2D eigenvalue weighted by molar-refractivity contribution is 7.91. The topological polar surface area (TPSA) is 39.2 Å². The third-order valence-electron chi connectivity index (χ3n) is 4.86. The number of aryl methyl sites for hydroxylation is 1. The maximum atomic E-state index is 13.3. The van der Waals surface area contributed by atoms with Crippen molar-refractivity contribution in [2.45, 2.75) is 36.0 Å². The van der Waals surface area contributed by atoms with E-state index in [4.69, 9.17) is 0 Å². The van der Waals surface area contributed by atoms with Crippen molar-refractivity contribution >= 4 is 27.8 Å². The molecule has 4 heteroatoms. The van der Waals surface area contributed by atoms with E-state index in [-0.39, 0.29) is 0 Å².